The van der Waals surface area contributed by atoms with Gasteiger partial charge in [-0.05, 0) is 40.5 Å². The second-order valence-electron chi connectivity index (χ2n) is 3.52. The topological polar surface area (TPSA) is 32.3 Å². The first-order valence-corrected chi connectivity index (χ1v) is 5.45. The summed E-state index contributed by atoms with van der Waals surface area (Å²) >= 11 is 2.96. The lowest BCUT2D eigenvalue weighted by Gasteiger charge is -2.17. The quantitative estimate of drug-likeness (QED) is 0.839. The SMILES string of the molecule is Cc1cc(Br)c(F)cc1NCC(O)C(F)(F)F. The Bertz CT molecular complexity index is 408. The number of aliphatic hydroxyl groups excluding tert-OH is 1. The molecule has 0 fully saturated rings. The van der Waals surface area contributed by atoms with E-state index < -0.39 is 24.6 Å². The summed E-state index contributed by atoms with van der Waals surface area (Å²) in [6.07, 6.45) is -7.16. The van der Waals surface area contributed by atoms with Gasteiger partial charge in [0.1, 0.15) is 5.82 Å². The Morgan fingerprint density at radius 1 is 1.41 bits per heavy atom. The third kappa shape index (κ3) is 3.85. The molecule has 7 heteroatoms. The first-order chi connectivity index (χ1) is 7.71. The van der Waals surface area contributed by atoms with E-state index in [1.165, 1.54) is 6.07 Å². The van der Waals surface area contributed by atoms with Gasteiger partial charge in [0, 0.05) is 12.2 Å². The molecule has 2 nitrogen and oxygen atoms in total. The third-order valence-electron chi connectivity index (χ3n) is 2.13. The monoisotopic (exact) mass is 315 g/mol. The molecule has 0 bridgehead atoms. The van der Waals surface area contributed by atoms with Gasteiger partial charge in [0.2, 0.25) is 0 Å². The van der Waals surface area contributed by atoms with E-state index in [0.717, 1.165) is 6.07 Å². The third-order valence-corrected chi connectivity index (χ3v) is 2.74. The minimum Gasteiger partial charge on any atom is -0.382 e. The molecule has 0 heterocycles. The van der Waals surface area contributed by atoms with Gasteiger partial charge in [-0.15, -0.1) is 0 Å². The Hall–Kier alpha value is -0.820. The van der Waals surface area contributed by atoms with Crippen LogP contribution in [0.15, 0.2) is 16.6 Å². The summed E-state index contributed by atoms with van der Waals surface area (Å²) in [6.45, 7) is 0.901. The van der Waals surface area contributed by atoms with Crippen LogP contribution in [-0.4, -0.2) is 23.9 Å². The number of hydrogen-bond acceptors (Lipinski definition) is 2. The number of halogens is 5. The minimum absolute atomic E-state index is 0.217. The highest BCUT2D eigenvalue weighted by atomic mass is 79.9. The molecule has 1 aromatic rings. The maximum Gasteiger partial charge on any atom is 0.416 e. The number of alkyl halides is 3. The number of benzene rings is 1. The highest BCUT2D eigenvalue weighted by molar-refractivity contribution is 9.10. The predicted molar refractivity (Wildman–Crippen MR) is 59.4 cm³/mol. The maximum atomic E-state index is 13.1. The molecule has 2 N–H and O–H groups in total. The van der Waals surface area contributed by atoms with Crippen LogP contribution in [0, 0.1) is 12.7 Å². The van der Waals surface area contributed by atoms with Gasteiger partial charge in [0.25, 0.3) is 0 Å². The average Bonchev–Trinajstić information content (AvgIpc) is 2.19. The average molecular weight is 316 g/mol. The van der Waals surface area contributed by atoms with Gasteiger partial charge in [-0.1, -0.05) is 0 Å². The molecule has 1 aromatic carbocycles. The molecule has 0 saturated carbocycles. The molecule has 0 aliphatic carbocycles. The smallest absolute Gasteiger partial charge is 0.382 e. The molecule has 96 valence electrons. The van der Waals surface area contributed by atoms with E-state index >= 15 is 0 Å². The van der Waals surface area contributed by atoms with E-state index in [0.29, 0.717) is 5.56 Å². The van der Waals surface area contributed by atoms with Crippen LogP contribution >= 0.6 is 15.9 Å². The van der Waals surface area contributed by atoms with Gasteiger partial charge >= 0.3 is 6.18 Å². The van der Waals surface area contributed by atoms with Crippen molar-refractivity contribution in [3.8, 4) is 0 Å². The van der Waals surface area contributed by atoms with Crippen LogP contribution in [0.4, 0.5) is 23.2 Å². The summed E-state index contributed by atoms with van der Waals surface area (Å²) in [6, 6.07) is 2.51. The van der Waals surface area contributed by atoms with Crippen molar-refractivity contribution in [2.75, 3.05) is 11.9 Å². The van der Waals surface area contributed by atoms with Crippen molar-refractivity contribution >= 4 is 21.6 Å². The first-order valence-electron chi connectivity index (χ1n) is 4.66. The van der Waals surface area contributed by atoms with E-state index in [-0.39, 0.29) is 10.2 Å². The largest absolute Gasteiger partial charge is 0.416 e. The van der Waals surface area contributed by atoms with Gasteiger partial charge in [-0.2, -0.15) is 13.2 Å². The van der Waals surface area contributed by atoms with Gasteiger partial charge in [0.05, 0.1) is 4.47 Å². The lowest BCUT2D eigenvalue weighted by atomic mass is 10.2. The molecule has 17 heavy (non-hydrogen) atoms. The van der Waals surface area contributed by atoms with Gasteiger partial charge in [-0.25, -0.2) is 4.39 Å². The predicted octanol–water partition coefficient (Wildman–Crippen LogP) is 3.23. The van der Waals surface area contributed by atoms with Crippen LogP contribution in [0.5, 0.6) is 0 Å². The van der Waals surface area contributed by atoms with Crippen LogP contribution < -0.4 is 5.32 Å². The van der Waals surface area contributed by atoms with Crippen molar-refractivity contribution in [1.82, 2.24) is 0 Å². The standard InChI is InChI=1S/C10H10BrF4NO/c1-5-2-6(11)7(12)3-8(5)16-4-9(17)10(13,14)15/h2-3,9,16-17H,4H2,1H3. The second kappa shape index (κ2) is 5.22. The molecule has 0 spiro atoms. The van der Waals surface area contributed by atoms with Crippen LogP contribution in [-0.2, 0) is 0 Å². The number of anilines is 1. The van der Waals surface area contributed by atoms with E-state index in [9.17, 15) is 17.6 Å². The van der Waals surface area contributed by atoms with E-state index in [1.54, 1.807) is 6.92 Å². The fourth-order valence-corrected chi connectivity index (χ4v) is 1.62. The zero-order valence-electron chi connectivity index (χ0n) is 8.78. The molecule has 0 saturated heterocycles. The summed E-state index contributed by atoms with van der Waals surface area (Å²) in [5.41, 5.74) is 0.793. The van der Waals surface area contributed by atoms with Crippen LogP contribution in [0.2, 0.25) is 0 Å². The number of aliphatic hydroxyl groups is 1. The van der Waals surface area contributed by atoms with Crippen LogP contribution in [0.25, 0.3) is 0 Å². The lowest BCUT2D eigenvalue weighted by molar-refractivity contribution is -0.198. The van der Waals surface area contributed by atoms with Crippen molar-refractivity contribution in [1.29, 1.82) is 0 Å². The fraction of sp³-hybridized carbons (Fsp3) is 0.400. The van der Waals surface area contributed by atoms with Crippen molar-refractivity contribution in [3.63, 3.8) is 0 Å². The molecular weight excluding hydrogens is 306 g/mol. The molecule has 0 aliphatic rings. The Morgan fingerprint density at radius 2 is 2.00 bits per heavy atom. The first kappa shape index (κ1) is 14.2. The van der Waals surface area contributed by atoms with Gasteiger partial charge in [0.15, 0.2) is 6.10 Å². The van der Waals surface area contributed by atoms with E-state index in [1.807, 2.05) is 0 Å². The Labute approximate surface area is 104 Å². The van der Waals surface area contributed by atoms with Crippen molar-refractivity contribution in [3.05, 3.63) is 28.0 Å². The Morgan fingerprint density at radius 3 is 2.53 bits per heavy atom. The molecule has 1 atom stereocenters. The van der Waals surface area contributed by atoms with E-state index in [4.69, 9.17) is 5.11 Å². The summed E-state index contributed by atoms with van der Waals surface area (Å²) in [4.78, 5) is 0. The van der Waals surface area contributed by atoms with Gasteiger partial charge in [-0.3, -0.25) is 0 Å². The molecule has 0 radical (unpaired) electrons. The Balaban J connectivity index is 2.73. The normalized spacial score (nSPS) is 13.6. The zero-order valence-corrected chi connectivity index (χ0v) is 10.4. The van der Waals surface area contributed by atoms with Crippen LogP contribution in [0.3, 0.4) is 0 Å². The lowest BCUT2D eigenvalue weighted by Crippen LogP contribution is -2.35. The highest BCUT2D eigenvalue weighted by Crippen LogP contribution is 2.25. The summed E-state index contributed by atoms with van der Waals surface area (Å²) < 4.78 is 49.5. The molecule has 1 unspecified atom stereocenters. The molecule has 1 rings (SSSR count). The molecule has 0 aromatic heterocycles. The number of nitrogens with one attached hydrogen (secondary N) is 1. The van der Waals surface area contributed by atoms with E-state index in [2.05, 4.69) is 21.2 Å². The highest BCUT2D eigenvalue weighted by Gasteiger charge is 2.37. The van der Waals surface area contributed by atoms with Crippen molar-refractivity contribution in [2.45, 2.75) is 19.2 Å². The number of hydrogen-bond donors (Lipinski definition) is 2. The zero-order chi connectivity index (χ0) is 13.2. The second-order valence-corrected chi connectivity index (χ2v) is 4.37. The van der Waals surface area contributed by atoms with Crippen molar-refractivity contribution < 1.29 is 22.7 Å². The summed E-state index contributed by atoms with van der Waals surface area (Å²) in [5.74, 6) is -0.584. The molecule has 0 aliphatic heterocycles. The van der Waals surface area contributed by atoms with Gasteiger partial charge < -0.3 is 10.4 Å². The maximum absolute atomic E-state index is 13.1. The molecule has 0 amide bonds. The molecular formula is C10H10BrF4NO. The van der Waals surface area contributed by atoms with Crippen molar-refractivity contribution in [2.24, 2.45) is 0 Å². The van der Waals surface area contributed by atoms with Crippen LogP contribution in [0.1, 0.15) is 5.56 Å². The summed E-state index contributed by atoms with van der Waals surface area (Å²) in [5, 5.41) is 11.1. The fourth-order valence-electron chi connectivity index (χ4n) is 1.16. The number of rotatable bonds is 3. The Kier molecular flexibility index (Phi) is 4.37. The summed E-state index contributed by atoms with van der Waals surface area (Å²) in [7, 11) is 0. The minimum atomic E-state index is -4.69. The number of aryl methyl sites for hydroxylation is 1.